The summed E-state index contributed by atoms with van der Waals surface area (Å²) in [6.07, 6.45) is 6.00. The molecule has 4 heterocycles. The number of aryl methyl sites for hydroxylation is 3. The Labute approximate surface area is 144 Å². The maximum atomic E-state index is 13.0. The van der Waals surface area contributed by atoms with Crippen molar-refractivity contribution in [2.45, 2.75) is 39.3 Å². The van der Waals surface area contributed by atoms with E-state index in [4.69, 9.17) is 0 Å². The molecule has 1 saturated heterocycles. The first-order valence-corrected chi connectivity index (χ1v) is 9.08. The van der Waals surface area contributed by atoms with Gasteiger partial charge in [-0.15, -0.1) is 11.3 Å². The number of carbonyl (C=O) groups excluding carboxylic acids is 1. The smallest absolute Gasteiger partial charge is 0.264 e. The lowest BCUT2D eigenvalue weighted by atomic mass is 10.2. The van der Waals surface area contributed by atoms with Crippen molar-refractivity contribution < 1.29 is 4.79 Å². The summed E-state index contributed by atoms with van der Waals surface area (Å²) in [7, 11) is 1.93. The van der Waals surface area contributed by atoms with Gasteiger partial charge in [0.05, 0.1) is 29.4 Å². The van der Waals surface area contributed by atoms with E-state index in [0.29, 0.717) is 0 Å². The van der Waals surface area contributed by atoms with Crippen LogP contribution in [-0.4, -0.2) is 43.0 Å². The third-order valence-corrected chi connectivity index (χ3v) is 5.89. The molecule has 4 rings (SSSR count). The lowest BCUT2D eigenvalue weighted by Crippen LogP contribution is -2.37. The number of amides is 1. The van der Waals surface area contributed by atoms with E-state index in [2.05, 4.69) is 10.2 Å². The van der Waals surface area contributed by atoms with Gasteiger partial charge in [0.15, 0.2) is 0 Å². The number of rotatable bonds is 3. The van der Waals surface area contributed by atoms with Crippen LogP contribution in [0, 0.1) is 13.8 Å². The number of hydrogen-bond acceptors (Lipinski definition) is 4. The van der Waals surface area contributed by atoms with Crippen LogP contribution < -0.4 is 0 Å². The van der Waals surface area contributed by atoms with Crippen molar-refractivity contribution in [1.29, 1.82) is 0 Å². The molecule has 126 valence electrons. The SMILES string of the molecule is Cc1cnn(C[C@H]2CCCN2C(=O)c2cc3c(C)nn(C)c3s2)c1. The molecule has 0 saturated carbocycles. The molecule has 1 atom stereocenters. The Morgan fingerprint density at radius 2 is 2.25 bits per heavy atom. The van der Waals surface area contributed by atoms with Crippen molar-refractivity contribution in [3.63, 3.8) is 0 Å². The van der Waals surface area contributed by atoms with Gasteiger partial charge in [0, 0.05) is 25.2 Å². The third-order valence-electron chi connectivity index (χ3n) is 4.71. The zero-order valence-corrected chi connectivity index (χ0v) is 15.0. The molecule has 0 N–H and O–H groups in total. The van der Waals surface area contributed by atoms with Gasteiger partial charge in [-0.25, -0.2) is 0 Å². The molecule has 0 bridgehead atoms. The van der Waals surface area contributed by atoms with Crippen molar-refractivity contribution in [3.05, 3.63) is 34.6 Å². The number of hydrogen-bond donors (Lipinski definition) is 0. The predicted molar refractivity (Wildman–Crippen MR) is 94.4 cm³/mol. The molecule has 1 aliphatic heterocycles. The molecule has 1 fully saturated rings. The molecule has 7 heteroatoms. The van der Waals surface area contributed by atoms with Crippen LogP contribution in [0.2, 0.25) is 0 Å². The van der Waals surface area contributed by atoms with Gasteiger partial charge in [-0.2, -0.15) is 10.2 Å². The Balaban J connectivity index is 1.58. The van der Waals surface area contributed by atoms with Crippen molar-refractivity contribution in [3.8, 4) is 0 Å². The highest BCUT2D eigenvalue weighted by Crippen LogP contribution is 2.30. The fourth-order valence-electron chi connectivity index (χ4n) is 3.53. The van der Waals surface area contributed by atoms with Gasteiger partial charge in [-0.3, -0.25) is 14.2 Å². The second-order valence-corrected chi connectivity index (χ2v) is 7.60. The van der Waals surface area contributed by atoms with Gasteiger partial charge in [0.2, 0.25) is 0 Å². The highest BCUT2D eigenvalue weighted by Gasteiger charge is 2.31. The van der Waals surface area contributed by atoms with E-state index in [9.17, 15) is 4.79 Å². The summed E-state index contributed by atoms with van der Waals surface area (Å²) < 4.78 is 3.81. The van der Waals surface area contributed by atoms with Crippen LogP contribution in [0.1, 0.15) is 33.8 Å². The topological polar surface area (TPSA) is 56.0 Å². The predicted octanol–water partition coefficient (Wildman–Crippen LogP) is 2.75. The highest BCUT2D eigenvalue weighted by atomic mass is 32.1. The van der Waals surface area contributed by atoms with E-state index in [0.717, 1.165) is 52.3 Å². The van der Waals surface area contributed by atoms with Gasteiger partial charge in [0.25, 0.3) is 5.91 Å². The Morgan fingerprint density at radius 1 is 1.42 bits per heavy atom. The second-order valence-electron chi connectivity index (χ2n) is 6.57. The molecule has 0 unspecified atom stereocenters. The molecule has 0 spiro atoms. The van der Waals surface area contributed by atoms with E-state index < -0.39 is 0 Å². The average molecular weight is 343 g/mol. The highest BCUT2D eigenvalue weighted by molar-refractivity contribution is 7.20. The summed E-state index contributed by atoms with van der Waals surface area (Å²) in [6, 6.07) is 2.22. The monoisotopic (exact) mass is 343 g/mol. The third kappa shape index (κ3) is 2.53. The first kappa shape index (κ1) is 15.4. The maximum absolute atomic E-state index is 13.0. The van der Waals surface area contributed by atoms with E-state index in [1.54, 1.807) is 0 Å². The summed E-state index contributed by atoms with van der Waals surface area (Å²) in [5, 5.41) is 9.86. The molecule has 6 nitrogen and oxygen atoms in total. The van der Waals surface area contributed by atoms with Crippen LogP contribution in [-0.2, 0) is 13.6 Å². The zero-order chi connectivity index (χ0) is 16.8. The Morgan fingerprint density at radius 3 is 2.96 bits per heavy atom. The number of likely N-dealkylation sites (tertiary alicyclic amines) is 1. The second kappa shape index (κ2) is 5.73. The summed E-state index contributed by atoms with van der Waals surface area (Å²) in [5.41, 5.74) is 2.13. The van der Waals surface area contributed by atoms with Crippen LogP contribution in [0.15, 0.2) is 18.5 Å². The van der Waals surface area contributed by atoms with Crippen molar-refractivity contribution in [2.24, 2.45) is 7.05 Å². The largest absolute Gasteiger partial charge is 0.333 e. The standard InChI is InChI=1S/C17H21N5OS/c1-11-8-18-21(9-11)10-13-5-4-6-22(13)16(23)15-7-14-12(2)19-20(3)17(14)24-15/h7-9,13H,4-6,10H2,1-3H3/t13-/m1/s1. The van der Waals surface area contributed by atoms with Gasteiger partial charge in [0.1, 0.15) is 4.83 Å². The molecule has 1 aliphatic rings. The van der Waals surface area contributed by atoms with Gasteiger partial charge >= 0.3 is 0 Å². The minimum atomic E-state index is 0.141. The fourth-order valence-corrected chi connectivity index (χ4v) is 4.61. The molecule has 0 aliphatic carbocycles. The van der Waals surface area contributed by atoms with Crippen LogP contribution in [0.25, 0.3) is 10.2 Å². The van der Waals surface area contributed by atoms with Crippen LogP contribution in [0.5, 0.6) is 0 Å². The van der Waals surface area contributed by atoms with Gasteiger partial charge in [-0.1, -0.05) is 0 Å². The molecule has 0 aromatic carbocycles. The maximum Gasteiger partial charge on any atom is 0.264 e. The zero-order valence-electron chi connectivity index (χ0n) is 14.2. The van der Waals surface area contributed by atoms with E-state index in [1.807, 2.05) is 53.6 Å². The molecule has 0 radical (unpaired) electrons. The average Bonchev–Trinajstić information content (AvgIpc) is 3.28. The van der Waals surface area contributed by atoms with Gasteiger partial charge in [-0.05, 0) is 38.3 Å². The Bertz CT molecular complexity index is 871. The summed E-state index contributed by atoms with van der Waals surface area (Å²) in [4.78, 5) is 16.9. The normalized spacial score (nSPS) is 18.0. The Hall–Kier alpha value is -2.15. The first-order chi connectivity index (χ1) is 11.5. The minimum Gasteiger partial charge on any atom is -0.333 e. The number of carbonyl (C=O) groups is 1. The minimum absolute atomic E-state index is 0.141. The molecule has 3 aromatic heterocycles. The molecular weight excluding hydrogens is 322 g/mol. The molecule has 3 aromatic rings. The van der Waals surface area contributed by atoms with Crippen LogP contribution in [0.4, 0.5) is 0 Å². The number of aromatic nitrogens is 4. The van der Waals surface area contributed by atoms with Crippen molar-refractivity contribution in [1.82, 2.24) is 24.5 Å². The molecule has 1 amide bonds. The lowest BCUT2D eigenvalue weighted by molar-refractivity contribution is 0.0726. The summed E-state index contributed by atoms with van der Waals surface area (Å²) >= 11 is 1.54. The Kier molecular flexibility index (Phi) is 3.68. The lowest BCUT2D eigenvalue weighted by Gasteiger charge is -2.24. The van der Waals surface area contributed by atoms with E-state index in [1.165, 1.54) is 11.3 Å². The van der Waals surface area contributed by atoms with Gasteiger partial charge < -0.3 is 4.90 Å². The fraction of sp³-hybridized carbons (Fsp3) is 0.471. The van der Waals surface area contributed by atoms with Crippen LogP contribution >= 0.6 is 11.3 Å². The van der Waals surface area contributed by atoms with Crippen molar-refractivity contribution in [2.75, 3.05) is 6.54 Å². The van der Waals surface area contributed by atoms with Crippen LogP contribution in [0.3, 0.4) is 0 Å². The number of fused-ring (bicyclic) bond motifs is 1. The quantitative estimate of drug-likeness (QED) is 0.735. The van der Waals surface area contributed by atoms with Crippen molar-refractivity contribution >= 4 is 27.5 Å². The summed E-state index contributed by atoms with van der Waals surface area (Å²) in [6.45, 7) is 5.62. The summed E-state index contributed by atoms with van der Waals surface area (Å²) in [5.74, 6) is 0.141. The number of nitrogens with zero attached hydrogens (tertiary/aromatic N) is 5. The molecule has 24 heavy (non-hydrogen) atoms. The number of thiophene rings is 1. The van der Waals surface area contributed by atoms with E-state index in [-0.39, 0.29) is 11.9 Å². The molecular formula is C17H21N5OS. The first-order valence-electron chi connectivity index (χ1n) is 8.26. The van der Waals surface area contributed by atoms with E-state index >= 15 is 0 Å².